The van der Waals surface area contributed by atoms with Crippen molar-refractivity contribution in [1.29, 1.82) is 0 Å². The first-order chi connectivity index (χ1) is 11.5. The van der Waals surface area contributed by atoms with Crippen LogP contribution in [0.1, 0.15) is 12.0 Å². The van der Waals surface area contributed by atoms with Crippen molar-refractivity contribution in [3.8, 4) is 5.75 Å². The van der Waals surface area contributed by atoms with E-state index in [9.17, 15) is 13.2 Å². The lowest BCUT2D eigenvalue weighted by Gasteiger charge is -2.18. The molecule has 0 amide bonds. The summed E-state index contributed by atoms with van der Waals surface area (Å²) in [5.74, 6) is 0.287. The van der Waals surface area contributed by atoms with Gasteiger partial charge in [0.15, 0.2) is 0 Å². The van der Waals surface area contributed by atoms with Gasteiger partial charge < -0.3 is 14.4 Å². The Morgan fingerprint density at radius 3 is 2.62 bits per heavy atom. The van der Waals surface area contributed by atoms with E-state index in [-0.39, 0.29) is 11.9 Å². The van der Waals surface area contributed by atoms with Gasteiger partial charge in [0.05, 0.1) is 18.9 Å². The average Bonchev–Trinajstić information content (AvgIpc) is 3.02. The zero-order chi connectivity index (χ0) is 17.0. The van der Waals surface area contributed by atoms with Crippen LogP contribution in [0.3, 0.4) is 0 Å². The summed E-state index contributed by atoms with van der Waals surface area (Å²) in [6.45, 7) is 1.90. The minimum Gasteiger partial charge on any atom is -0.404 e. The number of nitrogens with zero attached hydrogens (tertiary/aromatic N) is 3. The van der Waals surface area contributed by atoms with Crippen LogP contribution in [0, 0.1) is 0 Å². The third-order valence-corrected chi connectivity index (χ3v) is 3.66. The molecular formula is C16H16F3N3O2. The molecule has 1 saturated heterocycles. The SMILES string of the molecule is FC(F)(F)Oc1ccc(N2CC[C@@H](OCc3ccncc3)C2)nc1. The summed E-state index contributed by atoms with van der Waals surface area (Å²) in [6, 6.07) is 6.58. The van der Waals surface area contributed by atoms with Crippen molar-refractivity contribution in [2.24, 2.45) is 0 Å². The Hall–Kier alpha value is -2.35. The zero-order valence-electron chi connectivity index (χ0n) is 12.7. The molecule has 24 heavy (non-hydrogen) atoms. The van der Waals surface area contributed by atoms with Crippen molar-refractivity contribution in [2.45, 2.75) is 25.5 Å². The average molecular weight is 339 g/mol. The van der Waals surface area contributed by atoms with Gasteiger partial charge in [-0.3, -0.25) is 4.98 Å². The fourth-order valence-corrected chi connectivity index (χ4v) is 2.52. The lowest BCUT2D eigenvalue weighted by atomic mass is 10.3. The van der Waals surface area contributed by atoms with Gasteiger partial charge in [-0.25, -0.2) is 4.98 Å². The van der Waals surface area contributed by atoms with Gasteiger partial charge in [0.25, 0.3) is 0 Å². The summed E-state index contributed by atoms with van der Waals surface area (Å²) >= 11 is 0. The van der Waals surface area contributed by atoms with E-state index >= 15 is 0 Å². The molecule has 8 heteroatoms. The number of rotatable bonds is 5. The summed E-state index contributed by atoms with van der Waals surface area (Å²) in [6.07, 6.45) is 0.707. The van der Waals surface area contributed by atoms with Crippen molar-refractivity contribution < 1.29 is 22.6 Å². The van der Waals surface area contributed by atoms with Crippen LogP contribution in [0.5, 0.6) is 5.75 Å². The van der Waals surface area contributed by atoms with Crippen molar-refractivity contribution >= 4 is 5.82 Å². The molecule has 5 nitrogen and oxygen atoms in total. The van der Waals surface area contributed by atoms with Crippen LogP contribution in [-0.2, 0) is 11.3 Å². The quantitative estimate of drug-likeness (QED) is 0.837. The Balaban J connectivity index is 1.52. The number of aromatic nitrogens is 2. The van der Waals surface area contributed by atoms with Crippen LogP contribution in [0.15, 0.2) is 42.9 Å². The Labute approximate surface area is 137 Å². The predicted molar refractivity (Wildman–Crippen MR) is 80.6 cm³/mol. The van der Waals surface area contributed by atoms with Crippen molar-refractivity contribution in [1.82, 2.24) is 9.97 Å². The number of hydrogen-bond donors (Lipinski definition) is 0. The van der Waals surface area contributed by atoms with Gasteiger partial charge >= 0.3 is 6.36 Å². The molecule has 1 atom stereocenters. The highest BCUT2D eigenvalue weighted by molar-refractivity contribution is 5.42. The smallest absolute Gasteiger partial charge is 0.404 e. The van der Waals surface area contributed by atoms with E-state index in [0.29, 0.717) is 19.0 Å². The molecule has 3 rings (SSSR count). The number of halogens is 3. The highest BCUT2D eigenvalue weighted by Gasteiger charge is 2.31. The molecule has 3 heterocycles. The highest BCUT2D eigenvalue weighted by atomic mass is 19.4. The molecule has 0 bridgehead atoms. The van der Waals surface area contributed by atoms with Gasteiger partial charge in [0.1, 0.15) is 11.6 Å². The molecule has 0 spiro atoms. The highest BCUT2D eigenvalue weighted by Crippen LogP contribution is 2.25. The topological polar surface area (TPSA) is 47.5 Å². The maximum Gasteiger partial charge on any atom is 0.573 e. The molecule has 0 aromatic carbocycles. The van der Waals surface area contributed by atoms with Crippen LogP contribution >= 0.6 is 0 Å². The summed E-state index contributed by atoms with van der Waals surface area (Å²) in [5.41, 5.74) is 1.05. The van der Waals surface area contributed by atoms with E-state index in [1.807, 2.05) is 17.0 Å². The Kier molecular flexibility index (Phi) is 4.84. The fraction of sp³-hybridized carbons (Fsp3) is 0.375. The van der Waals surface area contributed by atoms with Crippen LogP contribution in [0.25, 0.3) is 0 Å². The molecule has 2 aromatic rings. The van der Waals surface area contributed by atoms with Crippen LogP contribution in [0.4, 0.5) is 19.0 Å². The third kappa shape index (κ3) is 4.58. The number of alkyl halides is 3. The molecule has 1 aliphatic rings. The van der Waals surface area contributed by atoms with Crippen LogP contribution < -0.4 is 9.64 Å². The molecule has 2 aromatic heterocycles. The Bertz CT molecular complexity index is 650. The molecule has 0 N–H and O–H groups in total. The molecule has 0 saturated carbocycles. The molecule has 1 aliphatic heterocycles. The van der Waals surface area contributed by atoms with Crippen molar-refractivity contribution in [2.75, 3.05) is 18.0 Å². The number of anilines is 1. The second-order valence-corrected chi connectivity index (χ2v) is 5.42. The number of hydrogen-bond acceptors (Lipinski definition) is 5. The number of ether oxygens (including phenoxy) is 2. The minimum atomic E-state index is -4.71. The van der Waals surface area contributed by atoms with Gasteiger partial charge in [-0.1, -0.05) is 0 Å². The molecular weight excluding hydrogens is 323 g/mol. The largest absolute Gasteiger partial charge is 0.573 e. The Morgan fingerprint density at radius 1 is 1.17 bits per heavy atom. The van der Waals surface area contributed by atoms with E-state index in [1.54, 1.807) is 12.4 Å². The lowest BCUT2D eigenvalue weighted by molar-refractivity contribution is -0.274. The third-order valence-electron chi connectivity index (χ3n) is 3.66. The summed E-state index contributed by atoms with van der Waals surface area (Å²) < 4.78 is 46.1. The van der Waals surface area contributed by atoms with Crippen LogP contribution in [0.2, 0.25) is 0 Å². The first kappa shape index (κ1) is 16.5. The first-order valence-corrected chi connectivity index (χ1v) is 7.47. The maximum atomic E-state index is 12.1. The number of pyridine rings is 2. The molecule has 0 aliphatic carbocycles. The van der Waals surface area contributed by atoms with Gasteiger partial charge in [0, 0.05) is 25.5 Å². The molecule has 128 valence electrons. The minimum absolute atomic E-state index is 0.0612. The standard InChI is InChI=1S/C16H16F3N3O2/c17-16(18,19)24-13-1-2-15(21-9-13)22-8-5-14(10-22)23-11-12-3-6-20-7-4-12/h1-4,6-7,9,14H,5,8,10-11H2/t14-/m1/s1. The zero-order valence-corrected chi connectivity index (χ0v) is 12.7. The normalized spacial score (nSPS) is 18.0. The Morgan fingerprint density at radius 2 is 1.96 bits per heavy atom. The molecule has 1 fully saturated rings. The summed E-state index contributed by atoms with van der Waals surface area (Å²) in [4.78, 5) is 9.97. The van der Waals surface area contributed by atoms with Gasteiger partial charge in [-0.05, 0) is 36.2 Å². The van der Waals surface area contributed by atoms with Crippen molar-refractivity contribution in [3.63, 3.8) is 0 Å². The van der Waals surface area contributed by atoms with Gasteiger partial charge in [0.2, 0.25) is 0 Å². The predicted octanol–water partition coefficient (Wildman–Crippen LogP) is 3.17. The van der Waals surface area contributed by atoms with E-state index in [2.05, 4.69) is 14.7 Å². The van der Waals surface area contributed by atoms with Crippen LogP contribution in [-0.4, -0.2) is 35.5 Å². The lowest BCUT2D eigenvalue weighted by Crippen LogP contribution is -2.23. The van der Waals surface area contributed by atoms with E-state index < -0.39 is 6.36 Å². The van der Waals surface area contributed by atoms with Crippen molar-refractivity contribution in [3.05, 3.63) is 48.4 Å². The molecule has 0 radical (unpaired) electrons. The molecule has 0 unspecified atom stereocenters. The van der Waals surface area contributed by atoms with E-state index in [0.717, 1.165) is 24.7 Å². The first-order valence-electron chi connectivity index (χ1n) is 7.47. The second-order valence-electron chi connectivity index (χ2n) is 5.42. The van der Waals surface area contributed by atoms with E-state index in [4.69, 9.17) is 4.74 Å². The van der Waals surface area contributed by atoms with Gasteiger partial charge in [-0.2, -0.15) is 0 Å². The fourth-order valence-electron chi connectivity index (χ4n) is 2.52. The van der Waals surface area contributed by atoms with Gasteiger partial charge in [-0.15, -0.1) is 13.2 Å². The van der Waals surface area contributed by atoms with E-state index in [1.165, 1.54) is 12.1 Å². The summed E-state index contributed by atoms with van der Waals surface area (Å²) in [5, 5.41) is 0. The monoisotopic (exact) mass is 339 g/mol. The summed E-state index contributed by atoms with van der Waals surface area (Å²) in [7, 11) is 0. The second kappa shape index (κ2) is 7.04. The maximum absolute atomic E-state index is 12.1.